The van der Waals surface area contributed by atoms with Crippen molar-refractivity contribution in [1.29, 1.82) is 0 Å². The molecule has 0 saturated carbocycles. The van der Waals surface area contributed by atoms with E-state index in [1.807, 2.05) is 0 Å². The molecule has 5 N–H and O–H groups in total. The number of nitrogens with one attached hydrogen (secondary N) is 1. The number of primary amides is 1. The minimum Gasteiger partial charge on any atom is -0.504 e. The molecule has 1 aromatic carbocycles. The highest BCUT2D eigenvalue weighted by Gasteiger charge is 2.12. The normalized spacial score (nSPS) is 12.2. The molecule has 0 aromatic heterocycles. The van der Waals surface area contributed by atoms with Crippen molar-refractivity contribution in [2.45, 2.75) is 12.6 Å². The van der Waals surface area contributed by atoms with Gasteiger partial charge >= 0.3 is 0 Å². The largest absolute Gasteiger partial charge is 0.504 e. The lowest BCUT2D eigenvalue weighted by atomic mass is 10.2. The lowest BCUT2D eigenvalue weighted by molar-refractivity contribution is -0.125. The number of rotatable bonds is 6. The van der Waals surface area contributed by atoms with Gasteiger partial charge < -0.3 is 26.0 Å². The molecular formula is C11H15ClN2O4. The van der Waals surface area contributed by atoms with Gasteiger partial charge in [0, 0.05) is 29.7 Å². The van der Waals surface area contributed by atoms with Gasteiger partial charge in [-0.2, -0.15) is 0 Å². The number of ether oxygens (including phenoxy) is 1. The second kappa shape index (κ2) is 6.44. The van der Waals surface area contributed by atoms with Crippen LogP contribution in [-0.2, 0) is 11.3 Å². The number of benzene rings is 1. The van der Waals surface area contributed by atoms with Gasteiger partial charge in [0.1, 0.15) is 6.10 Å². The fraction of sp³-hybridized carbons (Fsp3) is 0.364. The average molecular weight is 275 g/mol. The summed E-state index contributed by atoms with van der Waals surface area (Å²) < 4.78 is 4.95. The Morgan fingerprint density at radius 1 is 1.61 bits per heavy atom. The van der Waals surface area contributed by atoms with Gasteiger partial charge in [0.25, 0.3) is 0 Å². The molecule has 0 saturated heterocycles. The van der Waals surface area contributed by atoms with Crippen molar-refractivity contribution < 1.29 is 19.7 Å². The number of phenols is 1. The Morgan fingerprint density at radius 2 is 2.28 bits per heavy atom. The van der Waals surface area contributed by atoms with Gasteiger partial charge in [0.05, 0.1) is 7.11 Å². The Morgan fingerprint density at radius 3 is 2.83 bits per heavy atom. The third kappa shape index (κ3) is 3.76. The Kier molecular flexibility index (Phi) is 5.21. The standard InChI is InChI=1S/C11H15ClN2O4/c1-18-9-3-7(12)2-6(10(9)16)4-14-5-8(15)11(13)17/h2-3,8,14-16H,4-5H2,1H3,(H2,13,17). The number of amides is 1. The maximum Gasteiger partial charge on any atom is 0.247 e. The molecule has 0 radical (unpaired) electrons. The van der Waals surface area contributed by atoms with E-state index in [1.54, 1.807) is 6.07 Å². The molecular weight excluding hydrogens is 260 g/mol. The molecule has 1 unspecified atom stereocenters. The number of hydrogen-bond acceptors (Lipinski definition) is 5. The van der Waals surface area contributed by atoms with Gasteiger partial charge in [-0.05, 0) is 6.07 Å². The van der Waals surface area contributed by atoms with Gasteiger partial charge in [0.15, 0.2) is 11.5 Å². The summed E-state index contributed by atoms with van der Waals surface area (Å²) in [5, 5.41) is 22.2. The molecule has 0 aliphatic rings. The molecule has 0 spiro atoms. The van der Waals surface area contributed by atoms with Gasteiger partial charge in [0.2, 0.25) is 5.91 Å². The molecule has 6 nitrogen and oxygen atoms in total. The summed E-state index contributed by atoms with van der Waals surface area (Å²) in [5.41, 5.74) is 5.39. The maximum atomic E-state index is 10.6. The van der Waals surface area contributed by atoms with Crippen LogP contribution in [0.2, 0.25) is 5.02 Å². The predicted octanol–water partition coefficient (Wildman–Crippen LogP) is -0.01000. The van der Waals surface area contributed by atoms with Crippen molar-refractivity contribution in [2.24, 2.45) is 5.73 Å². The first kappa shape index (κ1) is 14.6. The lowest BCUT2D eigenvalue weighted by Gasteiger charge is -2.12. The van der Waals surface area contributed by atoms with Gasteiger partial charge in [-0.25, -0.2) is 0 Å². The van der Waals surface area contributed by atoms with E-state index in [2.05, 4.69) is 5.32 Å². The first-order chi connectivity index (χ1) is 8.45. The van der Waals surface area contributed by atoms with Crippen LogP contribution in [0.1, 0.15) is 5.56 Å². The van der Waals surface area contributed by atoms with E-state index in [9.17, 15) is 15.0 Å². The topological polar surface area (TPSA) is 105 Å². The molecule has 0 aliphatic carbocycles. The fourth-order valence-corrected chi connectivity index (χ4v) is 1.59. The van der Waals surface area contributed by atoms with Crippen LogP contribution in [0.5, 0.6) is 11.5 Å². The first-order valence-corrected chi connectivity index (χ1v) is 5.57. The SMILES string of the molecule is COc1cc(Cl)cc(CNCC(O)C(N)=O)c1O. The van der Waals surface area contributed by atoms with Crippen LogP contribution in [0.3, 0.4) is 0 Å². The second-order valence-electron chi connectivity index (χ2n) is 3.66. The summed E-state index contributed by atoms with van der Waals surface area (Å²) in [5.74, 6) is -0.590. The minimum absolute atomic E-state index is 0.0103. The summed E-state index contributed by atoms with van der Waals surface area (Å²) in [4.78, 5) is 10.6. The van der Waals surface area contributed by atoms with E-state index < -0.39 is 12.0 Å². The Hall–Kier alpha value is -1.50. The number of aliphatic hydroxyl groups is 1. The van der Waals surface area contributed by atoms with Crippen molar-refractivity contribution in [3.05, 3.63) is 22.7 Å². The summed E-state index contributed by atoms with van der Waals surface area (Å²) in [6, 6.07) is 3.04. The number of aliphatic hydroxyl groups excluding tert-OH is 1. The number of aromatic hydroxyl groups is 1. The average Bonchev–Trinajstić information content (AvgIpc) is 2.32. The molecule has 0 fully saturated rings. The van der Waals surface area contributed by atoms with Crippen LogP contribution in [0, 0.1) is 0 Å². The highest BCUT2D eigenvalue weighted by Crippen LogP contribution is 2.33. The number of methoxy groups -OCH3 is 1. The van der Waals surface area contributed by atoms with Gasteiger partial charge in [-0.15, -0.1) is 0 Å². The highest BCUT2D eigenvalue weighted by molar-refractivity contribution is 6.30. The van der Waals surface area contributed by atoms with E-state index in [1.165, 1.54) is 13.2 Å². The lowest BCUT2D eigenvalue weighted by Crippen LogP contribution is -2.37. The van der Waals surface area contributed by atoms with Crippen molar-refractivity contribution in [3.63, 3.8) is 0 Å². The molecule has 100 valence electrons. The Balaban J connectivity index is 2.67. The quantitative estimate of drug-likeness (QED) is 0.584. The number of hydrogen-bond donors (Lipinski definition) is 4. The van der Waals surface area contributed by atoms with Crippen molar-refractivity contribution in [2.75, 3.05) is 13.7 Å². The predicted molar refractivity (Wildman–Crippen MR) is 66.6 cm³/mol. The number of nitrogens with two attached hydrogens (primary N) is 1. The molecule has 0 heterocycles. The van der Waals surface area contributed by atoms with Crippen molar-refractivity contribution in [1.82, 2.24) is 5.32 Å². The molecule has 1 aromatic rings. The summed E-state index contributed by atoms with van der Waals surface area (Å²) in [6.45, 7) is 0.205. The van der Waals surface area contributed by atoms with Gasteiger partial charge in [-0.3, -0.25) is 4.79 Å². The zero-order chi connectivity index (χ0) is 13.7. The molecule has 1 atom stereocenters. The van der Waals surface area contributed by atoms with Crippen LogP contribution < -0.4 is 15.8 Å². The van der Waals surface area contributed by atoms with Crippen LogP contribution in [0.25, 0.3) is 0 Å². The van der Waals surface area contributed by atoms with Crippen LogP contribution in [0.4, 0.5) is 0 Å². The number of phenolic OH excluding ortho intramolecular Hbond substituents is 1. The molecule has 1 rings (SSSR count). The van der Waals surface area contributed by atoms with Crippen LogP contribution in [-0.4, -0.2) is 35.9 Å². The van der Waals surface area contributed by atoms with E-state index >= 15 is 0 Å². The van der Waals surface area contributed by atoms with Crippen molar-refractivity contribution >= 4 is 17.5 Å². The summed E-state index contributed by atoms with van der Waals surface area (Å²) in [7, 11) is 1.42. The minimum atomic E-state index is -1.27. The smallest absolute Gasteiger partial charge is 0.247 e. The molecule has 0 bridgehead atoms. The van der Waals surface area contributed by atoms with E-state index in [-0.39, 0.29) is 24.6 Å². The van der Waals surface area contributed by atoms with Crippen LogP contribution in [0.15, 0.2) is 12.1 Å². The number of carbonyl (C=O) groups excluding carboxylic acids is 1. The third-order valence-electron chi connectivity index (χ3n) is 2.32. The third-order valence-corrected chi connectivity index (χ3v) is 2.54. The van der Waals surface area contributed by atoms with E-state index in [4.69, 9.17) is 22.1 Å². The van der Waals surface area contributed by atoms with Crippen molar-refractivity contribution in [3.8, 4) is 11.5 Å². The fourth-order valence-electron chi connectivity index (χ4n) is 1.36. The monoisotopic (exact) mass is 274 g/mol. The zero-order valence-corrected chi connectivity index (χ0v) is 10.6. The van der Waals surface area contributed by atoms with E-state index in [0.717, 1.165) is 0 Å². The maximum absolute atomic E-state index is 10.6. The first-order valence-electron chi connectivity index (χ1n) is 5.19. The second-order valence-corrected chi connectivity index (χ2v) is 4.10. The highest BCUT2D eigenvalue weighted by atomic mass is 35.5. The van der Waals surface area contributed by atoms with E-state index in [0.29, 0.717) is 10.6 Å². The zero-order valence-electron chi connectivity index (χ0n) is 9.81. The Bertz CT molecular complexity index is 439. The Labute approximate surface area is 109 Å². The molecule has 0 aliphatic heterocycles. The molecule has 18 heavy (non-hydrogen) atoms. The molecule has 1 amide bonds. The summed E-state index contributed by atoms with van der Waals surface area (Å²) >= 11 is 5.85. The van der Waals surface area contributed by atoms with Gasteiger partial charge in [-0.1, -0.05) is 11.6 Å². The van der Waals surface area contributed by atoms with Crippen LogP contribution >= 0.6 is 11.6 Å². The number of carbonyl (C=O) groups is 1. The summed E-state index contributed by atoms with van der Waals surface area (Å²) in [6.07, 6.45) is -1.27. The number of halogens is 1. The molecule has 7 heteroatoms.